The van der Waals surface area contributed by atoms with Gasteiger partial charge in [0.05, 0.1) is 11.4 Å². The summed E-state index contributed by atoms with van der Waals surface area (Å²) in [7, 11) is 0. The van der Waals surface area contributed by atoms with E-state index in [1.165, 1.54) is 16.7 Å². The fourth-order valence-electron chi connectivity index (χ4n) is 2.69. The van der Waals surface area contributed by atoms with Gasteiger partial charge in [-0.15, -0.1) is 11.8 Å². The molecule has 2 aromatic carbocycles. The standard InChI is InChI=1S/C19H19NO3S/c1-12-8-9-13(2)19(14(12)3)23-18(22)10-20-15-6-4-5-7-16(15)24-11-17(20)21/h4-9H,10-11H2,1-3H3. The summed E-state index contributed by atoms with van der Waals surface area (Å²) < 4.78 is 5.58. The maximum absolute atomic E-state index is 12.4. The van der Waals surface area contributed by atoms with Crippen molar-refractivity contribution in [3.05, 3.63) is 53.1 Å². The van der Waals surface area contributed by atoms with E-state index in [0.717, 1.165) is 27.3 Å². The minimum atomic E-state index is -0.429. The van der Waals surface area contributed by atoms with Crippen LogP contribution in [0.25, 0.3) is 0 Å². The van der Waals surface area contributed by atoms with Crippen molar-refractivity contribution in [3.63, 3.8) is 0 Å². The molecular formula is C19H19NO3S. The number of hydrogen-bond acceptors (Lipinski definition) is 4. The van der Waals surface area contributed by atoms with Crippen molar-refractivity contribution in [3.8, 4) is 5.75 Å². The van der Waals surface area contributed by atoms with Crippen LogP contribution in [0, 0.1) is 20.8 Å². The molecule has 1 amide bonds. The number of thioether (sulfide) groups is 1. The van der Waals surface area contributed by atoms with Gasteiger partial charge < -0.3 is 4.74 Å². The van der Waals surface area contributed by atoms with Crippen LogP contribution >= 0.6 is 11.8 Å². The summed E-state index contributed by atoms with van der Waals surface area (Å²) in [6.45, 7) is 5.74. The Labute approximate surface area is 145 Å². The third-order valence-corrected chi connectivity index (χ3v) is 5.23. The van der Waals surface area contributed by atoms with Gasteiger partial charge >= 0.3 is 5.97 Å². The van der Waals surface area contributed by atoms with Gasteiger partial charge in [0.15, 0.2) is 0 Å². The highest BCUT2D eigenvalue weighted by atomic mass is 32.2. The van der Waals surface area contributed by atoms with E-state index in [0.29, 0.717) is 11.5 Å². The van der Waals surface area contributed by atoms with Crippen molar-refractivity contribution in [2.75, 3.05) is 17.2 Å². The number of nitrogens with zero attached hydrogens (tertiary/aromatic N) is 1. The number of benzene rings is 2. The minimum Gasteiger partial charge on any atom is -0.425 e. The molecule has 0 atom stereocenters. The minimum absolute atomic E-state index is 0.0756. The Morgan fingerprint density at radius 1 is 1.12 bits per heavy atom. The average molecular weight is 341 g/mol. The number of amides is 1. The molecule has 5 heteroatoms. The first-order chi connectivity index (χ1) is 11.5. The van der Waals surface area contributed by atoms with E-state index >= 15 is 0 Å². The highest BCUT2D eigenvalue weighted by molar-refractivity contribution is 8.00. The first-order valence-electron chi connectivity index (χ1n) is 7.77. The smallest absolute Gasteiger partial charge is 0.331 e. The number of aryl methyl sites for hydroxylation is 2. The molecule has 1 aliphatic rings. The number of anilines is 1. The van der Waals surface area contributed by atoms with Gasteiger partial charge in [0, 0.05) is 4.90 Å². The number of rotatable bonds is 3. The van der Waals surface area contributed by atoms with Gasteiger partial charge in [-0.05, 0) is 49.6 Å². The Balaban J connectivity index is 1.81. The monoisotopic (exact) mass is 341 g/mol. The zero-order valence-electron chi connectivity index (χ0n) is 14.0. The van der Waals surface area contributed by atoms with Crippen LogP contribution < -0.4 is 9.64 Å². The van der Waals surface area contributed by atoms with Crippen molar-refractivity contribution in [2.45, 2.75) is 25.7 Å². The third-order valence-electron chi connectivity index (χ3n) is 4.18. The van der Waals surface area contributed by atoms with Crippen molar-refractivity contribution in [1.82, 2.24) is 0 Å². The lowest BCUT2D eigenvalue weighted by atomic mass is 10.1. The van der Waals surface area contributed by atoms with Crippen molar-refractivity contribution < 1.29 is 14.3 Å². The van der Waals surface area contributed by atoms with Crippen LogP contribution in [0.15, 0.2) is 41.3 Å². The number of fused-ring (bicyclic) bond motifs is 1. The molecule has 0 spiro atoms. The number of carbonyl (C=O) groups excluding carboxylic acids is 2. The molecule has 124 valence electrons. The summed E-state index contributed by atoms with van der Waals surface area (Å²) in [5.41, 5.74) is 3.70. The molecule has 0 aliphatic carbocycles. The summed E-state index contributed by atoms with van der Waals surface area (Å²) >= 11 is 1.50. The normalized spacial score (nSPS) is 13.6. The van der Waals surface area contributed by atoms with Gasteiger partial charge in [0.2, 0.25) is 5.91 Å². The van der Waals surface area contributed by atoms with Crippen LogP contribution in [0.3, 0.4) is 0 Å². The molecule has 4 nitrogen and oxygen atoms in total. The van der Waals surface area contributed by atoms with Crippen LogP contribution in [0.2, 0.25) is 0 Å². The zero-order valence-corrected chi connectivity index (χ0v) is 14.8. The number of carbonyl (C=O) groups is 2. The Morgan fingerprint density at radius 3 is 2.62 bits per heavy atom. The maximum Gasteiger partial charge on any atom is 0.331 e. The summed E-state index contributed by atoms with van der Waals surface area (Å²) in [4.78, 5) is 27.2. The summed E-state index contributed by atoms with van der Waals surface area (Å²) in [6.07, 6.45) is 0. The maximum atomic E-state index is 12.4. The SMILES string of the molecule is Cc1ccc(C)c(OC(=O)CN2C(=O)CSc3ccccc32)c1C. The predicted molar refractivity (Wildman–Crippen MR) is 95.8 cm³/mol. The van der Waals surface area contributed by atoms with Gasteiger partial charge in [0.25, 0.3) is 0 Å². The molecule has 1 heterocycles. The fourth-order valence-corrected chi connectivity index (χ4v) is 3.62. The van der Waals surface area contributed by atoms with Crippen LogP contribution in [-0.4, -0.2) is 24.2 Å². The lowest BCUT2D eigenvalue weighted by Gasteiger charge is -2.28. The van der Waals surface area contributed by atoms with Gasteiger partial charge in [-0.1, -0.05) is 24.3 Å². The Morgan fingerprint density at radius 2 is 1.83 bits per heavy atom. The Bertz CT molecular complexity index is 816. The van der Waals surface area contributed by atoms with E-state index in [9.17, 15) is 9.59 Å². The summed E-state index contributed by atoms with van der Waals surface area (Å²) in [5, 5.41) is 0. The van der Waals surface area contributed by atoms with E-state index in [1.807, 2.05) is 57.2 Å². The van der Waals surface area contributed by atoms with Crippen LogP contribution in [0.4, 0.5) is 5.69 Å². The summed E-state index contributed by atoms with van der Waals surface area (Å²) in [5.74, 6) is 0.426. The predicted octanol–water partition coefficient (Wildman–Crippen LogP) is 3.66. The molecule has 0 saturated heterocycles. The number of para-hydroxylation sites is 1. The van der Waals surface area contributed by atoms with E-state index in [2.05, 4.69) is 0 Å². The van der Waals surface area contributed by atoms with E-state index in [1.54, 1.807) is 0 Å². The van der Waals surface area contributed by atoms with E-state index in [-0.39, 0.29) is 12.5 Å². The molecule has 24 heavy (non-hydrogen) atoms. The Hall–Kier alpha value is -2.27. The molecule has 0 radical (unpaired) electrons. The number of hydrogen-bond donors (Lipinski definition) is 0. The van der Waals surface area contributed by atoms with Crippen LogP contribution in [0.5, 0.6) is 5.75 Å². The molecule has 0 saturated carbocycles. The second-order valence-electron chi connectivity index (χ2n) is 5.86. The topological polar surface area (TPSA) is 46.6 Å². The summed E-state index contributed by atoms with van der Waals surface area (Å²) in [6, 6.07) is 11.5. The lowest BCUT2D eigenvalue weighted by molar-refractivity contribution is -0.134. The largest absolute Gasteiger partial charge is 0.425 e. The molecule has 3 rings (SSSR count). The second kappa shape index (κ2) is 6.69. The van der Waals surface area contributed by atoms with E-state index < -0.39 is 5.97 Å². The number of esters is 1. The van der Waals surface area contributed by atoms with Crippen molar-refractivity contribution in [1.29, 1.82) is 0 Å². The molecule has 0 bridgehead atoms. The molecule has 0 aromatic heterocycles. The highest BCUT2D eigenvalue weighted by Crippen LogP contribution is 2.35. The van der Waals surface area contributed by atoms with Gasteiger partial charge in [-0.25, -0.2) is 4.79 Å². The Kier molecular flexibility index (Phi) is 4.62. The van der Waals surface area contributed by atoms with Gasteiger partial charge in [0.1, 0.15) is 12.3 Å². The molecule has 2 aromatic rings. The van der Waals surface area contributed by atoms with Crippen molar-refractivity contribution >= 4 is 29.3 Å². The molecule has 0 unspecified atom stereocenters. The van der Waals surface area contributed by atoms with Crippen LogP contribution in [-0.2, 0) is 9.59 Å². The molecule has 0 fully saturated rings. The van der Waals surface area contributed by atoms with Crippen LogP contribution in [0.1, 0.15) is 16.7 Å². The van der Waals surface area contributed by atoms with E-state index in [4.69, 9.17) is 4.74 Å². The first-order valence-corrected chi connectivity index (χ1v) is 8.75. The zero-order chi connectivity index (χ0) is 17.3. The number of ether oxygens (including phenoxy) is 1. The highest BCUT2D eigenvalue weighted by Gasteiger charge is 2.27. The average Bonchev–Trinajstić information content (AvgIpc) is 2.58. The van der Waals surface area contributed by atoms with Gasteiger partial charge in [-0.2, -0.15) is 0 Å². The first kappa shape index (κ1) is 16.6. The molecular weight excluding hydrogens is 322 g/mol. The molecule has 0 N–H and O–H groups in total. The third kappa shape index (κ3) is 3.17. The quantitative estimate of drug-likeness (QED) is 0.631. The van der Waals surface area contributed by atoms with Gasteiger partial charge in [-0.3, -0.25) is 9.69 Å². The van der Waals surface area contributed by atoms with Crippen molar-refractivity contribution in [2.24, 2.45) is 0 Å². The fraction of sp³-hybridized carbons (Fsp3) is 0.263. The molecule has 1 aliphatic heterocycles. The second-order valence-corrected chi connectivity index (χ2v) is 6.88. The lowest BCUT2D eigenvalue weighted by Crippen LogP contribution is -2.40.